The summed E-state index contributed by atoms with van der Waals surface area (Å²) >= 11 is 17.0. The summed E-state index contributed by atoms with van der Waals surface area (Å²) in [5.74, 6) is -0.184. The lowest BCUT2D eigenvalue weighted by atomic mass is 10.4. The molecule has 0 aromatic carbocycles. The van der Waals surface area contributed by atoms with Gasteiger partial charge in [0, 0.05) is 0 Å². The number of alkyl halides is 4. The number of carbonyl (C=O) groups excluding carboxylic acids is 1. The molecule has 1 aromatic heterocycles. The van der Waals surface area contributed by atoms with Crippen LogP contribution in [0.5, 0.6) is 0 Å². The van der Waals surface area contributed by atoms with Gasteiger partial charge in [-0.05, 0) is 12.1 Å². The minimum atomic E-state index is -1.74. The Morgan fingerprint density at radius 3 is 2.76 bits per heavy atom. The maximum atomic E-state index is 12.1. The number of furan rings is 1. The molecule has 0 saturated carbocycles. The van der Waals surface area contributed by atoms with Crippen LogP contribution in [0.4, 0.5) is 4.39 Å². The summed E-state index contributed by atoms with van der Waals surface area (Å²) < 4.78 is 15.4. The van der Waals surface area contributed by atoms with E-state index in [9.17, 15) is 9.18 Å². The highest BCUT2D eigenvalue weighted by molar-refractivity contribution is 6.68. The Hall–Kier alpha value is -0.490. The van der Waals surface area contributed by atoms with Crippen LogP contribution in [0.2, 0.25) is 0 Å². The average Bonchev–Trinajstić information content (AvgIpc) is 2.74. The molecular formula is C9H11Cl3FN2O2+. The second kappa shape index (κ2) is 6.44. The van der Waals surface area contributed by atoms with Crippen molar-refractivity contribution in [1.29, 1.82) is 0 Å². The number of hydrogen-bond donors (Lipinski definition) is 2. The number of nitrogens with one attached hydrogen (secondary N) is 1. The quantitative estimate of drug-likeness (QED) is 0.633. The third-order valence-electron chi connectivity index (χ3n) is 1.93. The summed E-state index contributed by atoms with van der Waals surface area (Å²) in [4.78, 5) is 10.9. The topological polar surface area (TPSA) is 58.9 Å². The van der Waals surface area contributed by atoms with E-state index in [0.717, 1.165) is 0 Å². The molecule has 17 heavy (non-hydrogen) atoms. The van der Waals surface area contributed by atoms with E-state index in [1.54, 1.807) is 17.4 Å². The van der Waals surface area contributed by atoms with Crippen LogP contribution in [0, 0.1) is 0 Å². The number of hydrogen-bond acceptors (Lipinski definition) is 2. The summed E-state index contributed by atoms with van der Waals surface area (Å²) in [6.45, 7) is -0.802. The van der Waals surface area contributed by atoms with Crippen molar-refractivity contribution >= 4 is 40.7 Å². The number of rotatable bonds is 5. The molecule has 0 aliphatic rings. The highest BCUT2D eigenvalue weighted by Crippen LogP contribution is 2.27. The number of carbonyl (C=O) groups is 1. The molecule has 0 radical (unpaired) electrons. The fraction of sp³-hybridized carbons (Fsp3) is 0.444. The van der Waals surface area contributed by atoms with Gasteiger partial charge in [-0.15, -0.1) is 0 Å². The van der Waals surface area contributed by atoms with Crippen LogP contribution in [0.25, 0.3) is 0 Å². The monoisotopic (exact) mass is 303 g/mol. The van der Waals surface area contributed by atoms with Crippen molar-refractivity contribution in [3.05, 3.63) is 24.2 Å². The van der Waals surface area contributed by atoms with Gasteiger partial charge in [-0.25, -0.2) is 4.39 Å². The zero-order valence-corrected chi connectivity index (χ0v) is 10.9. The molecule has 8 heteroatoms. The van der Waals surface area contributed by atoms with Gasteiger partial charge < -0.3 is 15.1 Å². The van der Waals surface area contributed by atoms with E-state index < -0.39 is 22.5 Å². The summed E-state index contributed by atoms with van der Waals surface area (Å²) in [7, 11) is 0. The smallest absolute Gasteiger partial charge is 0.262 e. The van der Waals surface area contributed by atoms with Crippen molar-refractivity contribution in [2.45, 2.75) is 16.5 Å². The summed E-state index contributed by atoms with van der Waals surface area (Å²) in [5, 5.41) is 3.80. The van der Waals surface area contributed by atoms with Crippen molar-refractivity contribution in [3.8, 4) is 0 Å². The van der Waals surface area contributed by atoms with E-state index >= 15 is 0 Å². The number of quaternary nitrogens is 1. The molecule has 1 rings (SSSR count). The molecule has 4 nitrogen and oxygen atoms in total. The first-order valence-corrected chi connectivity index (χ1v) is 5.84. The van der Waals surface area contributed by atoms with Crippen LogP contribution < -0.4 is 10.6 Å². The van der Waals surface area contributed by atoms with Crippen LogP contribution >= 0.6 is 34.8 Å². The van der Waals surface area contributed by atoms with E-state index in [0.29, 0.717) is 12.3 Å². The summed E-state index contributed by atoms with van der Waals surface area (Å²) in [6, 6.07) is 3.45. The molecule has 1 atom stereocenters. The SMILES string of the molecule is O=C(CF)N[C@@H]([NH2+]Cc1ccco1)C(Cl)(Cl)Cl. The molecular weight excluding hydrogens is 293 g/mol. The Bertz CT molecular complexity index is 354. The fourth-order valence-electron chi connectivity index (χ4n) is 1.15. The van der Waals surface area contributed by atoms with Gasteiger partial charge in [-0.2, -0.15) is 0 Å². The maximum Gasteiger partial charge on any atom is 0.262 e. The van der Waals surface area contributed by atoms with Gasteiger partial charge in [0.25, 0.3) is 9.70 Å². The van der Waals surface area contributed by atoms with Gasteiger partial charge in [0.1, 0.15) is 6.54 Å². The van der Waals surface area contributed by atoms with Crippen molar-refractivity contribution in [2.75, 3.05) is 6.67 Å². The van der Waals surface area contributed by atoms with Gasteiger partial charge in [0.05, 0.1) is 6.26 Å². The molecule has 0 unspecified atom stereocenters. The van der Waals surface area contributed by atoms with E-state index in [4.69, 9.17) is 39.2 Å². The predicted molar refractivity (Wildman–Crippen MR) is 62.5 cm³/mol. The maximum absolute atomic E-state index is 12.1. The Kier molecular flexibility index (Phi) is 5.52. The number of nitrogens with two attached hydrogens (primary N) is 1. The lowest BCUT2D eigenvalue weighted by molar-refractivity contribution is -0.708. The zero-order valence-electron chi connectivity index (χ0n) is 8.63. The minimum Gasteiger partial charge on any atom is -0.463 e. The third-order valence-corrected chi connectivity index (χ3v) is 2.63. The Morgan fingerprint density at radius 2 is 2.29 bits per heavy atom. The van der Waals surface area contributed by atoms with Crippen molar-refractivity contribution in [1.82, 2.24) is 5.32 Å². The molecule has 0 saturated heterocycles. The molecule has 0 bridgehead atoms. The normalized spacial score (nSPS) is 13.4. The lowest BCUT2D eigenvalue weighted by Crippen LogP contribution is -2.95. The fourth-order valence-corrected chi connectivity index (χ4v) is 1.58. The molecule has 96 valence electrons. The van der Waals surface area contributed by atoms with Crippen molar-refractivity contribution < 1.29 is 18.9 Å². The van der Waals surface area contributed by atoms with Crippen molar-refractivity contribution in [2.24, 2.45) is 0 Å². The largest absolute Gasteiger partial charge is 0.463 e. The van der Waals surface area contributed by atoms with E-state index in [1.165, 1.54) is 6.26 Å². The van der Waals surface area contributed by atoms with Gasteiger partial charge in [-0.3, -0.25) is 4.79 Å². The minimum absolute atomic E-state index is 0.359. The Balaban J connectivity index is 2.55. The van der Waals surface area contributed by atoms with E-state index in [-0.39, 0.29) is 0 Å². The molecule has 1 heterocycles. The molecule has 1 aromatic rings. The molecule has 0 spiro atoms. The molecule has 0 fully saturated rings. The van der Waals surface area contributed by atoms with Gasteiger partial charge in [-0.1, -0.05) is 34.8 Å². The average molecular weight is 305 g/mol. The highest BCUT2D eigenvalue weighted by Gasteiger charge is 2.37. The van der Waals surface area contributed by atoms with E-state index in [1.807, 2.05) is 0 Å². The van der Waals surface area contributed by atoms with Crippen LogP contribution in [-0.4, -0.2) is 22.5 Å². The number of halogens is 4. The molecule has 3 N–H and O–H groups in total. The van der Waals surface area contributed by atoms with Crippen LogP contribution in [-0.2, 0) is 11.3 Å². The lowest BCUT2D eigenvalue weighted by Gasteiger charge is -2.22. The summed E-state index contributed by atoms with van der Waals surface area (Å²) in [5.41, 5.74) is 0. The second-order valence-electron chi connectivity index (χ2n) is 3.24. The van der Waals surface area contributed by atoms with Crippen LogP contribution in [0.1, 0.15) is 5.76 Å². The molecule has 1 amide bonds. The first-order valence-electron chi connectivity index (χ1n) is 4.71. The second-order valence-corrected chi connectivity index (χ2v) is 5.61. The third kappa shape index (κ3) is 5.12. The first-order chi connectivity index (χ1) is 7.93. The molecule has 0 aliphatic carbocycles. The first kappa shape index (κ1) is 14.6. The van der Waals surface area contributed by atoms with Gasteiger partial charge >= 0.3 is 0 Å². The van der Waals surface area contributed by atoms with Crippen LogP contribution in [0.15, 0.2) is 22.8 Å². The van der Waals surface area contributed by atoms with Gasteiger partial charge in [0.15, 0.2) is 12.4 Å². The summed E-state index contributed by atoms with van der Waals surface area (Å²) in [6.07, 6.45) is 0.620. The van der Waals surface area contributed by atoms with Crippen molar-refractivity contribution in [3.63, 3.8) is 0 Å². The Labute approximate surface area is 112 Å². The zero-order chi connectivity index (χ0) is 12.9. The standard InChI is InChI=1S/C9H10Cl3FN2O2/c10-9(11,12)8(15-7(16)4-13)14-5-6-2-1-3-17-6/h1-3,8,14H,4-5H2,(H,15,16)/p+1/t8-/m1/s1. The predicted octanol–water partition coefficient (Wildman–Crippen LogP) is 1.13. The Morgan fingerprint density at radius 1 is 1.59 bits per heavy atom. The molecule has 0 aliphatic heterocycles. The number of amides is 1. The van der Waals surface area contributed by atoms with E-state index in [2.05, 4.69) is 5.32 Å². The van der Waals surface area contributed by atoms with Gasteiger partial charge in [0.2, 0.25) is 6.17 Å². The van der Waals surface area contributed by atoms with Crippen LogP contribution in [0.3, 0.4) is 0 Å². The highest BCUT2D eigenvalue weighted by atomic mass is 35.6.